The summed E-state index contributed by atoms with van der Waals surface area (Å²) >= 11 is 0. The van der Waals surface area contributed by atoms with Gasteiger partial charge in [0.2, 0.25) is 5.91 Å². The van der Waals surface area contributed by atoms with Crippen LogP contribution in [0.2, 0.25) is 0 Å². The summed E-state index contributed by atoms with van der Waals surface area (Å²) in [5.74, 6) is -0.555. The molecule has 0 spiro atoms. The molecule has 1 heterocycles. The first kappa shape index (κ1) is 26.9. The number of anilines is 2. The van der Waals surface area contributed by atoms with Crippen molar-refractivity contribution in [1.29, 1.82) is 0 Å². The van der Waals surface area contributed by atoms with Crippen molar-refractivity contribution in [1.82, 2.24) is 9.80 Å². The number of ether oxygens (including phenoxy) is 2. The van der Waals surface area contributed by atoms with Crippen molar-refractivity contribution in [2.24, 2.45) is 5.92 Å². The van der Waals surface area contributed by atoms with Crippen LogP contribution in [-0.4, -0.2) is 73.6 Å². The molecule has 0 radical (unpaired) electrons. The first-order valence-corrected chi connectivity index (χ1v) is 11.7. The van der Waals surface area contributed by atoms with Gasteiger partial charge in [0.1, 0.15) is 18.2 Å². The third-order valence-corrected chi connectivity index (χ3v) is 6.19. The lowest BCUT2D eigenvalue weighted by atomic mass is 10.0. The largest absolute Gasteiger partial charge is 0.491 e. The summed E-state index contributed by atoms with van der Waals surface area (Å²) in [6.45, 7) is 6.31. The van der Waals surface area contributed by atoms with Crippen molar-refractivity contribution in [3.63, 3.8) is 0 Å². The molecular formula is C26H33FN4O5. The Labute approximate surface area is 210 Å². The standard InChI is InChI=1S/C26H33FN4O5/c1-16-13-31(18(3)32)17(2)15-36-23-12-21(29-26(34)28-20-8-6-7-19(27)11-20)9-10-22(23)25(33)30(4)14-24(16)35-5/h6-12,16-17,24H,13-15H2,1-5H3,(H2,28,29,34)/t16-,17+,24-/m0/s1. The summed E-state index contributed by atoms with van der Waals surface area (Å²) in [6, 6.07) is 9.41. The Morgan fingerprint density at radius 3 is 2.42 bits per heavy atom. The van der Waals surface area contributed by atoms with Gasteiger partial charge in [-0.1, -0.05) is 13.0 Å². The molecule has 0 unspecified atom stereocenters. The van der Waals surface area contributed by atoms with Crippen LogP contribution in [0.5, 0.6) is 5.75 Å². The van der Waals surface area contributed by atoms with E-state index in [4.69, 9.17) is 9.47 Å². The van der Waals surface area contributed by atoms with E-state index in [0.29, 0.717) is 30.0 Å². The molecule has 2 aromatic rings. The van der Waals surface area contributed by atoms with Gasteiger partial charge in [-0.05, 0) is 37.3 Å². The second-order valence-electron chi connectivity index (χ2n) is 9.07. The van der Waals surface area contributed by atoms with Gasteiger partial charge >= 0.3 is 6.03 Å². The summed E-state index contributed by atoms with van der Waals surface area (Å²) < 4.78 is 25.1. The van der Waals surface area contributed by atoms with E-state index in [1.165, 1.54) is 25.1 Å². The number of methoxy groups -OCH3 is 1. The van der Waals surface area contributed by atoms with Gasteiger partial charge in [0.05, 0.1) is 17.7 Å². The highest BCUT2D eigenvalue weighted by molar-refractivity contribution is 6.01. The quantitative estimate of drug-likeness (QED) is 0.668. The lowest BCUT2D eigenvalue weighted by Crippen LogP contribution is -2.48. The van der Waals surface area contributed by atoms with Crippen LogP contribution in [0, 0.1) is 11.7 Å². The molecule has 4 amide bonds. The van der Waals surface area contributed by atoms with Crippen LogP contribution in [0.4, 0.5) is 20.6 Å². The molecule has 1 aliphatic heterocycles. The van der Waals surface area contributed by atoms with Gasteiger partial charge in [0, 0.05) is 57.5 Å². The van der Waals surface area contributed by atoms with E-state index in [2.05, 4.69) is 10.6 Å². The third kappa shape index (κ3) is 6.72. The zero-order valence-corrected chi connectivity index (χ0v) is 21.2. The molecule has 36 heavy (non-hydrogen) atoms. The SMILES string of the molecule is CO[C@H]1CN(C)C(=O)c2ccc(NC(=O)Nc3cccc(F)c3)cc2OC[C@@H](C)N(C(C)=O)C[C@@H]1C. The van der Waals surface area contributed by atoms with Gasteiger partial charge in [-0.15, -0.1) is 0 Å². The third-order valence-electron chi connectivity index (χ3n) is 6.19. The van der Waals surface area contributed by atoms with E-state index in [0.717, 1.165) is 0 Å². The Morgan fingerprint density at radius 1 is 1.08 bits per heavy atom. The van der Waals surface area contributed by atoms with Gasteiger partial charge in [-0.3, -0.25) is 9.59 Å². The molecule has 0 aliphatic carbocycles. The number of urea groups is 1. The Hall–Kier alpha value is -3.66. The number of amides is 4. The fourth-order valence-corrected chi connectivity index (χ4v) is 4.15. The highest BCUT2D eigenvalue weighted by Gasteiger charge is 2.29. The maximum atomic E-state index is 13.4. The second kappa shape index (κ2) is 11.9. The number of likely N-dealkylation sites (N-methyl/N-ethyl adjacent to an activating group) is 1. The number of hydrogen-bond acceptors (Lipinski definition) is 5. The number of rotatable bonds is 3. The van der Waals surface area contributed by atoms with Crippen LogP contribution < -0.4 is 15.4 Å². The van der Waals surface area contributed by atoms with Crippen molar-refractivity contribution >= 4 is 29.2 Å². The zero-order valence-electron chi connectivity index (χ0n) is 21.2. The lowest BCUT2D eigenvalue weighted by Gasteiger charge is -2.35. The van der Waals surface area contributed by atoms with Gasteiger partial charge in [0.25, 0.3) is 5.91 Å². The number of fused-ring (bicyclic) bond motifs is 1. The van der Waals surface area contributed by atoms with Crippen molar-refractivity contribution in [2.75, 3.05) is 44.5 Å². The van der Waals surface area contributed by atoms with Crippen LogP contribution >= 0.6 is 0 Å². The number of hydrogen-bond donors (Lipinski definition) is 2. The van der Waals surface area contributed by atoms with Crippen LogP contribution in [0.25, 0.3) is 0 Å². The molecule has 2 N–H and O–H groups in total. The van der Waals surface area contributed by atoms with Gasteiger partial charge in [-0.2, -0.15) is 0 Å². The minimum absolute atomic E-state index is 0.0151. The zero-order chi connectivity index (χ0) is 26.4. The maximum Gasteiger partial charge on any atom is 0.323 e. The minimum Gasteiger partial charge on any atom is -0.491 e. The number of benzene rings is 2. The summed E-state index contributed by atoms with van der Waals surface area (Å²) in [5.41, 5.74) is 0.995. The van der Waals surface area contributed by atoms with Crippen LogP contribution in [0.1, 0.15) is 31.1 Å². The molecule has 2 aromatic carbocycles. The van der Waals surface area contributed by atoms with Gasteiger partial charge < -0.3 is 29.9 Å². The predicted molar refractivity (Wildman–Crippen MR) is 135 cm³/mol. The van der Waals surface area contributed by atoms with Crippen molar-refractivity contribution in [2.45, 2.75) is 32.9 Å². The molecular weight excluding hydrogens is 467 g/mol. The van der Waals surface area contributed by atoms with E-state index < -0.39 is 11.8 Å². The van der Waals surface area contributed by atoms with Crippen molar-refractivity contribution in [3.05, 3.63) is 53.8 Å². The van der Waals surface area contributed by atoms with Crippen LogP contribution in [0.15, 0.2) is 42.5 Å². The Kier molecular flexibility index (Phi) is 8.87. The minimum atomic E-state index is -0.579. The molecule has 0 bridgehead atoms. The molecule has 0 aromatic heterocycles. The molecule has 1 aliphatic rings. The summed E-state index contributed by atoms with van der Waals surface area (Å²) in [4.78, 5) is 41.4. The number of halogens is 1. The fraction of sp³-hybridized carbons (Fsp3) is 0.423. The molecule has 9 nitrogen and oxygen atoms in total. The van der Waals surface area contributed by atoms with E-state index in [1.54, 1.807) is 48.2 Å². The first-order valence-electron chi connectivity index (χ1n) is 11.7. The van der Waals surface area contributed by atoms with Crippen LogP contribution in [-0.2, 0) is 9.53 Å². The average Bonchev–Trinajstić information content (AvgIpc) is 2.82. The number of carbonyl (C=O) groups excluding carboxylic acids is 3. The molecule has 10 heteroatoms. The first-order chi connectivity index (χ1) is 17.1. The van der Waals surface area contributed by atoms with Crippen LogP contribution in [0.3, 0.4) is 0 Å². The van der Waals surface area contributed by atoms with E-state index in [-0.39, 0.29) is 42.2 Å². The summed E-state index contributed by atoms with van der Waals surface area (Å²) in [6.07, 6.45) is -0.274. The Morgan fingerprint density at radius 2 is 1.78 bits per heavy atom. The van der Waals surface area contributed by atoms with E-state index in [9.17, 15) is 18.8 Å². The summed E-state index contributed by atoms with van der Waals surface area (Å²) in [5, 5.41) is 5.23. The molecule has 0 fully saturated rings. The number of nitrogens with zero attached hydrogens (tertiary/aromatic N) is 2. The Balaban J connectivity index is 1.87. The molecule has 3 rings (SSSR count). The highest BCUT2D eigenvalue weighted by atomic mass is 19.1. The fourth-order valence-electron chi connectivity index (χ4n) is 4.15. The topological polar surface area (TPSA) is 100 Å². The smallest absolute Gasteiger partial charge is 0.323 e. The predicted octanol–water partition coefficient (Wildman–Crippen LogP) is 3.82. The van der Waals surface area contributed by atoms with Gasteiger partial charge in [-0.25, -0.2) is 9.18 Å². The van der Waals surface area contributed by atoms with Crippen molar-refractivity contribution < 1.29 is 28.2 Å². The number of nitrogens with one attached hydrogen (secondary N) is 2. The molecule has 0 saturated carbocycles. The van der Waals surface area contributed by atoms with Crippen molar-refractivity contribution in [3.8, 4) is 5.75 Å². The van der Waals surface area contributed by atoms with E-state index >= 15 is 0 Å². The Bertz CT molecular complexity index is 1110. The normalized spacial score (nSPS) is 20.9. The second-order valence-corrected chi connectivity index (χ2v) is 9.07. The molecule has 3 atom stereocenters. The molecule has 0 saturated heterocycles. The van der Waals surface area contributed by atoms with Gasteiger partial charge in [0.15, 0.2) is 0 Å². The molecule has 194 valence electrons. The van der Waals surface area contributed by atoms with E-state index in [1.807, 2.05) is 13.8 Å². The monoisotopic (exact) mass is 500 g/mol. The highest BCUT2D eigenvalue weighted by Crippen LogP contribution is 2.27. The lowest BCUT2D eigenvalue weighted by molar-refractivity contribution is -0.133. The summed E-state index contributed by atoms with van der Waals surface area (Å²) in [7, 11) is 3.28. The maximum absolute atomic E-state index is 13.4. The average molecular weight is 501 g/mol. The number of carbonyl (C=O) groups is 3.